The molecule has 7 nitrogen and oxygen atoms in total. The van der Waals surface area contributed by atoms with Crippen LogP contribution in [0.4, 0.5) is 0 Å². The van der Waals surface area contributed by atoms with Gasteiger partial charge in [0.05, 0.1) is 31.3 Å². The summed E-state index contributed by atoms with van der Waals surface area (Å²) in [5, 5.41) is 8.78. The average Bonchev–Trinajstić information content (AvgIpc) is 3.32. The number of hydrazone groups is 1. The number of benzene rings is 3. The summed E-state index contributed by atoms with van der Waals surface area (Å²) in [4.78, 5) is 13.0. The normalized spacial score (nSPS) is 10.8. The first kappa shape index (κ1) is 21.8. The van der Waals surface area contributed by atoms with Crippen molar-refractivity contribution in [2.75, 3.05) is 13.7 Å². The molecule has 4 aromatic rings. The molecule has 1 heterocycles. The number of carbonyl (C=O) groups excluding carboxylic acids is 1. The zero-order valence-corrected chi connectivity index (χ0v) is 18.4. The molecule has 0 bridgehead atoms. The van der Waals surface area contributed by atoms with Crippen LogP contribution in [0, 0.1) is 0 Å². The van der Waals surface area contributed by atoms with E-state index in [1.165, 1.54) is 0 Å². The second-order valence-corrected chi connectivity index (χ2v) is 7.09. The van der Waals surface area contributed by atoms with E-state index in [1.54, 1.807) is 24.1 Å². The van der Waals surface area contributed by atoms with Crippen LogP contribution >= 0.6 is 0 Å². The Bertz CT molecular complexity index is 1230. The summed E-state index contributed by atoms with van der Waals surface area (Å²) >= 11 is 0. The summed E-state index contributed by atoms with van der Waals surface area (Å²) in [6.45, 7) is 2.54. The van der Waals surface area contributed by atoms with Gasteiger partial charge in [0.25, 0.3) is 5.91 Å². The molecule has 0 saturated carbocycles. The first-order valence-corrected chi connectivity index (χ1v) is 10.5. The van der Waals surface area contributed by atoms with Gasteiger partial charge in [-0.15, -0.1) is 0 Å². The zero-order valence-electron chi connectivity index (χ0n) is 18.4. The minimum absolute atomic E-state index is 0.367. The molecule has 4 rings (SSSR count). The van der Waals surface area contributed by atoms with Crippen LogP contribution < -0.4 is 14.9 Å². The van der Waals surface area contributed by atoms with Crippen LogP contribution in [-0.2, 0) is 0 Å². The minimum Gasteiger partial charge on any atom is -0.497 e. The van der Waals surface area contributed by atoms with E-state index >= 15 is 0 Å². The fourth-order valence-electron chi connectivity index (χ4n) is 3.25. The van der Waals surface area contributed by atoms with Gasteiger partial charge in [-0.1, -0.05) is 18.2 Å². The highest BCUT2D eigenvalue weighted by atomic mass is 16.5. The van der Waals surface area contributed by atoms with Gasteiger partial charge < -0.3 is 9.47 Å². The maximum absolute atomic E-state index is 13.0. The van der Waals surface area contributed by atoms with Crippen LogP contribution in [-0.4, -0.2) is 35.6 Å². The molecule has 3 aromatic carbocycles. The maximum Gasteiger partial charge on any atom is 0.290 e. The Labute approximate surface area is 192 Å². The van der Waals surface area contributed by atoms with Crippen molar-refractivity contribution < 1.29 is 14.3 Å². The van der Waals surface area contributed by atoms with Crippen molar-refractivity contribution >= 4 is 12.1 Å². The standard InChI is InChI=1S/C26H24N4O3/c1-3-33-23-13-9-19(10-14-23)18-27-28-26(31)25-17-24(20-11-15-22(32-2)16-12-20)29-30(25)21-7-5-4-6-8-21/h4-18H,3H2,1-2H3,(H,28,31). The first-order chi connectivity index (χ1) is 16.2. The number of hydrogen-bond acceptors (Lipinski definition) is 5. The summed E-state index contributed by atoms with van der Waals surface area (Å²) in [5.41, 5.74) is 6.13. The summed E-state index contributed by atoms with van der Waals surface area (Å²) in [5.74, 6) is 1.17. The highest BCUT2D eigenvalue weighted by molar-refractivity contribution is 5.95. The Kier molecular flexibility index (Phi) is 6.80. The summed E-state index contributed by atoms with van der Waals surface area (Å²) < 4.78 is 12.3. The Balaban J connectivity index is 1.58. The van der Waals surface area contributed by atoms with Crippen LogP contribution in [0.1, 0.15) is 23.0 Å². The van der Waals surface area contributed by atoms with E-state index in [0.717, 1.165) is 28.3 Å². The monoisotopic (exact) mass is 440 g/mol. The molecule has 0 aliphatic carbocycles. The summed E-state index contributed by atoms with van der Waals surface area (Å²) in [7, 11) is 1.62. The molecule has 0 spiro atoms. The highest BCUT2D eigenvalue weighted by Gasteiger charge is 2.17. The van der Waals surface area contributed by atoms with Gasteiger partial charge in [0.1, 0.15) is 17.2 Å². The first-order valence-electron chi connectivity index (χ1n) is 10.5. The average molecular weight is 441 g/mol. The van der Waals surface area contributed by atoms with Crippen LogP contribution in [0.2, 0.25) is 0 Å². The number of nitrogens with one attached hydrogen (secondary N) is 1. The van der Waals surface area contributed by atoms with E-state index in [2.05, 4.69) is 15.6 Å². The lowest BCUT2D eigenvalue weighted by Gasteiger charge is -2.06. The molecule has 0 radical (unpaired) electrons. The summed E-state index contributed by atoms with van der Waals surface area (Å²) in [6, 6.07) is 26.2. The number of amides is 1. The topological polar surface area (TPSA) is 77.7 Å². The van der Waals surface area contributed by atoms with E-state index in [9.17, 15) is 4.79 Å². The Morgan fingerprint density at radius 1 is 1.00 bits per heavy atom. The predicted octanol–water partition coefficient (Wildman–Crippen LogP) is 4.71. The SMILES string of the molecule is CCOc1ccc(C=NNC(=O)c2cc(-c3ccc(OC)cc3)nn2-c2ccccc2)cc1. The quantitative estimate of drug-likeness (QED) is 0.318. The molecule has 0 unspecified atom stereocenters. The maximum atomic E-state index is 13.0. The Hall–Kier alpha value is -4.39. The van der Waals surface area contributed by atoms with E-state index in [-0.39, 0.29) is 5.91 Å². The number of methoxy groups -OCH3 is 1. The molecule has 1 N–H and O–H groups in total. The summed E-state index contributed by atoms with van der Waals surface area (Å²) in [6.07, 6.45) is 1.58. The van der Waals surface area contributed by atoms with Gasteiger partial charge >= 0.3 is 0 Å². The van der Waals surface area contributed by atoms with Gasteiger partial charge in [0, 0.05) is 5.56 Å². The number of nitrogens with zero attached hydrogens (tertiary/aromatic N) is 3. The van der Waals surface area contributed by atoms with E-state index in [4.69, 9.17) is 9.47 Å². The van der Waals surface area contributed by atoms with Crippen molar-refractivity contribution in [1.82, 2.24) is 15.2 Å². The zero-order chi connectivity index (χ0) is 23.0. The third kappa shape index (κ3) is 5.27. The molecule has 166 valence electrons. The van der Waals surface area contributed by atoms with Gasteiger partial charge in [0.15, 0.2) is 0 Å². The van der Waals surface area contributed by atoms with E-state index in [0.29, 0.717) is 18.0 Å². The molecule has 1 aromatic heterocycles. The lowest BCUT2D eigenvalue weighted by atomic mass is 10.1. The van der Waals surface area contributed by atoms with Crippen LogP contribution in [0.3, 0.4) is 0 Å². The number of hydrogen-bond donors (Lipinski definition) is 1. The number of para-hydroxylation sites is 1. The number of ether oxygens (including phenoxy) is 2. The molecule has 1 amide bonds. The van der Waals surface area contributed by atoms with Gasteiger partial charge in [0.2, 0.25) is 0 Å². The van der Waals surface area contributed by atoms with Crippen molar-refractivity contribution in [3.63, 3.8) is 0 Å². The molecule has 0 atom stereocenters. The number of aromatic nitrogens is 2. The van der Waals surface area contributed by atoms with Crippen LogP contribution in [0.25, 0.3) is 16.9 Å². The van der Waals surface area contributed by atoms with Crippen molar-refractivity contribution in [2.45, 2.75) is 6.92 Å². The molecule has 0 aliphatic heterocycles. The highest BCUT2D eigenvalue weighted by Crippen LogP contribution is 2.24. The van der Waals surface area contributed by atoms with E-state index in [1.807, 2.05) is 85.8 Å². The third-order valence-electron chi connectivity index (χ3n) is 4.90. The Morgan fingerprint density at radius 2 is 1.70 bits per heavy atom. The molecule has 0 fully saturated rings. The molecular weight excluding hydrogens is 416 g/mol. The number of rotatable bonds is 8. The largest absolute Gasteiger partial charge is 0.497 e. The second kappa shape index (κ2) is 10.3. The molecule has 0 aliphatic rings. The van der Waals surface area contributed by atoms with E-state index < -0.39 is 0 Å². The van der Waals surface area contributed by atoms with Crippen molar-refractivity contribution in [3.05, 3.63) is 96.2 Å². The fraction of sp³-hybridized carbons (Fsp3) is 0.115. The predicted molar refractivity (Wildman–Crippen MR) is 128 cm³/mol. The van der Waals surface area contributed by atoms with Crippen molar-refractivity contribution in [2.24, 2.45) is 5.10 Å². The van der Waals surface area contributed by atoms with Gasteiger partial charge in [-0.25, -0.2) is 10.1 Å². The third-order valence-corrected chi connectivity index (χ3v) is 4.90. The fourth-order valence-corrected chi connectivity index (χ4v) is 3.25. The van der Waals surface area contributed by atoms with Crippen molar-refractivity contribution in [3.8, 4) is 28.4 Å². The van der Waals surface area contributed by atoms with Crippen molar-refractivity contribution in [1.29, 1.82) is 0 Å². The molecule has 0 saturated heterocycles. The minimum atomic E-state index is -0.367. The molecule has 7 heteroatoms. The lowest BCUT2D eigenvalue weighted by Crippen LogP contribution is -2.21. The Morgan fingerprint density at radius 3 is 2.36 bits per heavy atom. The molecular formula is C26H24N4O3. The second-order valence-electron chi connectivity index (χ2n) is 7.09. The van der Waals surface area contributed by atoms with Crippen LogP contribution in [0.5, 0.6) is 11.5 Å². The van der Waals surface area contributed by atoms with Crippen LogP contribution in [0.15, 0.2) is 90.0 Å². The smallest absolute Gasteiger partial charge is 0.290 e. The van der Waals surface area contributed by atoms with Gasteiger partial charge in [-0.05, 0) is 79.2 Å². The van der Waals surface area contributed by atoms with Gasteiger partial charge in [-0.2, -0.15) is 10.2 Å². The number of carbonyl (C=O) groups is 1. The lowest BCUT2D eigenvalue weighted by molar-refractivity contribution is 0.0947. The van der Waals surface area contributed by atoms with Gasteiger partial charge in [-0.3, -0.25) is 4.79 Å². The molecule has 33 heavy (non-hydrogen) atoms.